The highest BCUT2D eigenvalue weighted by atomic mass is 15.1. The van der Waals surface area contributed by atoms with Gasteiger partial charge in [0, 0.05) is 37.9 Å². The van der Waals surface area contributed by atoms with E-state index in [-0.39, 0.29) is 0 Å². The van der Waals surface area contributed by atoms with Crippen LogP contribution in [0.5, 0.6) is 0 Å². The van der Waals surface area contributed by atoms with Crippen molar-refractivity contribution in [3.8, 4) is 0 Å². The normalized spacial score (nSPS) is 10.7. The molecule has 0 amide bonds. The van der Waals surface area contributed by atoms with Crippen LogP contribution in [0.3, 0.4) is 0 Å². The minimum atomic E-state index is 0.725. The predicted molar refractivity (Wildman–Crippen MR) is 83.3 cm³/mol. The molecule has 0 aliphatic heterocycles. The largest absolute Gasteiger partial charge is 0.379 e. The van der Waals surface area contributed by atoms with Gasteiger partial charge in [-0.25, -0.2) is 4.98 Å². The van der Waals surface area contributed by atoms with Crippen LogP contribution in [0.15, 0.2) is 54.9 Å². The van der Waals surface area contributed by atoms with Gasteiger partial charge in [-0.15, -0.1) is 0 Å². The fraction of sp³-hybridized carbons (Fsp3) is 0.188. The van der Waals surface area contributed by atoms with E-state index >= 15 is 0 Å². The summed E-state index contributed by atoms with van der Waals surface area (Å²) in [6.45, 7) is 0.725. The van der Waals surface area contributed by atoms with Gasteiger partial charge in [0.2, 0.25) is 0 Å². The first-order valence-electron chi connectivity index (χ1n) is 6.66. The Morgan fingerprint density at radius 3 is 2.60 bits per heavy atom. The summed E-state index contributed by atoms with van der Waals surface area (Å²) < 4.78 is 2.03. The maximum Gasteiger partial charge on any atom is 0.137 e. The van der Waals surface area contributed by atoms with E-state index in [1.807, 2.05) is 42.9 Å². The van der Waals surface area contributed by atoms with E-state index in [1.54, 1.807) is 0 Å². The Morgan fingerprint density at radius 1 is 1.10 bits per heavy atom. The van der Waals surface area contributed by atoms with E-state index in [1.165, 1.54) is 5.69 Å². The molecule has 0 saturated carbocycles. The van der Waals surface area contributed by atoms with Crippen LogP contribution in [0.4, 0.5) is 11.4 Å². The number of nitrogens with zero attached hydrogens (tertiary/aromatic N) is 3. The molecule has 4 heteroatoms. The van der Waals surface area contributed by atoms with E-state index in [2.05, 4.69) is 45.7 Å². The summed E-state index contributed by atoms with van der Waals surface area (Å²) in [6.07, 6.45) is 4.06. The summed E-state index contributed by atoms with van der Waals surface area (Å²) in [6, 6.07) is 14.4. The molecule has 0 saturated heterocycles. The molecule has 2 aromatic heterocycles. The number of hydrogen-bond acceptors (Lipinski definition) is 3. The summed E-state index contributed by atoms with van der Waals surface area (Å²) in [5.74, 6) is 0. The third-order valence-electron chi connectivity index (χ3n) is 3.27. The van der Waals surface area contributed by atoms with Crippen molar-refractivity contribution in [2.75, 3.05) is 24.3 Å². The quantitative estimate of drug-likeness (QED) is 0.788. The van der Waals surface area contributed by atoms with Crippen molar-refractivity contribution in [3.05, 3.63) is 60.6 Å². The minimum absolute atomic E-state index is 0.725. The van der Waals surface area contributed by atoms with Gasteiger partial charge in [0.1, 0.15) is 5.65 Å². The van der Waals surface area contributed by atoms with Crippen LogP contribution in [0.1, 0.15) is 5.69 Å². The smallest absolute Gasteiger partial charge is 0.137 e. The van der Waals surface area contributed by atoms with Crippen molar-refractivity contribution in [1.82, 2.24) is 9.38 Å². The Labute approximate surface area is 118 Å². The number of fused-ring (bicyclic) bond motifs is 1. The third kappa shape index (κ3) is 2.59. The monoisotopic (exact) mass is 266 g/mol. The lowest BCUT2D eigenvalue weighted by Crippen LogP contribution is -2.08. The van der Waals surface area contributed by atoms with Gasteiger partial charge in [-0.1, -0.05) is 6.07 Å². The standard InChI is InChI=1S/C16H18N4/c1-19(2)15-8-6-13(7-9-15)17-11-14-12-20-10-4-3-5-16(20)18-14/h3-10,12,17H,11H2,1-2H3. The van der Waals surface area contributed by atoms with Crippen molar-refractivity contribution in [3.63, 3.8) is 0 Å². The first-order chi connectivity index (χ1) is 9.72. The van der Waals surface area contributed by atoms with E-state index in [0.717, 1.165) is 23.6 Å². The molecule has 3 rings (SSSR count). The zero-order valence-corrected chi connectivity index (χ0v) is 11.7. The molecular formula is C16H18N4. The number of pyridine rings is 1. The lowest BCUT2D eigenvalue weighted by atomic mass is 10.2. The van der Waals surface area contributed by atoms with Crippen LogP contribution < -0.4 is 10.2 Å². The highest BCUT2D eigenvalue weighted by Gasteiger charge is 2.01. The molecule has 2 heterocycles. The Bertz CT molecular complexity index is 665. The highest BCUT2D eigenvalue weighted by Crippen LogP contribution is 2.16. The van der Waals surface area contributed by atoms with Gasteiger partial charge < -0.3 is 14.6 Å². The van der Waals surface area contributed by atoms with Gasteiger partial charge in [0.05, 0.1) is 12.2 Å². The maximum absolute atomic E-state index is 4.57. The summed E-state index contributed by atoms with van der Waals surface area (Å²) in [4.78, 5) is 6.65. The Morgan fingerprint density at radius 2 is 1.90 bits per heavy atom. The van der Waals surface area contributed by atoms with Crippen molar-refractivity contribution in [2.45, 2.75) is 6.54 Å². The summed E-state index contributed by atoms with van der Waals surface area (Å²) in [7, 11) is 4.08. The number of benzene rings is 1. The van der Waals surface area contributed by atoms with Crippen LogP contribution >= 0.6 is 0 Å². The number of anilines is 2. The van der Waals surface area contributed by atoms with Crippen LogP contribution in [0, 0.1) is 0 Å². The highest BCUT2D eigenvalue weighted by molar-refractivity contribution is 5.54. The Kier molecular flexibility index (Phi) is 3.29. The first-order valence-corrected chi connectivity index (χ1v) is 6.66. The molecule has 102 valence electrons. The second-order valence-electron chi connectivity index (χ2n) is 4.99. The minimum Gasteiger partial charge on any atom is -0.379 e. The molecule has 0 atom stereocenters. The molecule has 0 aliphatic rings. The molecule has 0 fully saturated rings. The van der Waals surface area contributed by atoms with E-state index in [9.17, 15) is 0 Å². The Hall–Kier alpha value is -2.49. The van der Waals surface area contributed by atoms with E-state index in [0.29, 0.717) is 0 Å². The molecule has 0 bridgehead atoms. The number of nitrogens with one attached hydrogen (secondary N) is 1. The average Bonchev–Trinajstić information content (AvgIpc) is 2.88. The lowest BCUT2D eigenvalue weighted by molar-refractivity contribution is 1.08. The van der Waals surface area contributed by atoms with Crippen molar-refractivity contribution in [2.24, 2.45) is 0 Å². The van der Waals surface area contributed by atoms with E-state index in [4.69, 9.17) is 0 Å². The third-order valence-corrected chi connectivity index (χ3v) is 3.27. The summed E-state index contributed by atoms with van der Waals surface area (Å²) in [5.41, 5.74) is 4.32. The number of imidazole rings is 1. The molecule has 4 nitrogen and oxygen atoms in total. The number of rotatable bonds is 4. The van der Waals surface area contributed by atoms with Gasteiger partial charge in [0.15, 0.2) is 0 Å². The molecule has 0 unspecified atom stereocenters. The number of hydrogen-bond donors (Lipinski definition) is 1. The molecule has 0 radical (unpaired) electrons. The fourth-order valence-corrected chi connectivity index (χ4v) is 2.14. The van der Waals surface area contributed by atoms with Gasteiger partial charge in [0.25, 0.3) is 0 Å². The molecule has 0 aliphatic carbocycles. The van der Waals surface area contributed by atoms with E-state index < -0.39 is 0 Å². The van der Waals surface area contributed by atoms with Gasteiger partial charge in [-0.05, 0) is 36.4 Å². The average molecular weight is 266 g/mol. The van der Waals surface area contributed by atoms with Gasteiger partial charge in [-0.3, -0.25) is 0 Å². The van der Waals surface area contributed by atoms with Crippen LogP contribution in [0.2, 0.25) is 0 Å². The lowest BCUT2D eigenvalue weighted by Gasteiger charge is -2.13. The maximum atomic E-state index is 4.57. The van der Waals surface area contributed by atoms with Crippen LogP contribution in [-0.2, 0) is 6.54 Å². The van der Waals surface area contributed by atoms with Crippen LogP contribution in [0.25, 0.3) is 5.65 Å². The van der Waals surface area contributed by atoms with Crippen LogP contribution in [-0.4, -0.2) is 23.5 Å². The van der Waals surface area contributed by atoms with Crippen molar-refractivity contribution in [1.29, 1.82) is 0 Å². The SMILES string of the molecule is CN(C)c1ccc(NCc2cn3ccccc3n2)cc1. The second-order valence-corrected chi connectivity index (χ2v) is 4.99. The molecule has 3 aromatic rings. The van der Waals surface area contributed by atoms with Crippen molar-refractivity contribution < 1.29 is 0 Å². The summed E-state index contributed by atoms with van der Waals surface area (Å²) >= 11 is 0. The predicted octanol–water partition coefficient (Wildman–Crippen LogP) is 3.01. The topological polar surface area (TPSA) is 32.6 Å². The van der Waals surface area contributed by atoms with Crippen molar-refractivity contribution >= 4 is 17.0 Å². The zero-order valence-electron chi connectivity index (χ0n) is 11.7. The molecule has 1 aromatic carbocycles. The zero-order chi connectivity index (χ0) is 13.9. The number of aromatic nitrogens is 2. The molecular weight excluding hydrogens is 248 g/mol. The molecule has 1 N–H and O–H groups in total. The molecule has 0 spiro atoms. The first kappa shape index (κ1) is 12.5. The second kappa shape index (κ2) is 5.25. The summed E-state index contributed by atoms with van der Waals surface area (Å²) in [5, 5.41) is 3.39. The van der Waals surface area contributed by atoms with Gasteiger partial charge >= 0.3 is 0 Å². The molecule has 20 heavy (non-hydrogen) atoms. The fourth-order valence-electron chi connectivity index (χ4n) is 2.14. The van der Waals surface area contributed by atoms with Gasteiger partial charge in [-0.2, -0.15) is 0 Å². The Balaban J connectivity index is 1.69.